The third-order valence-corrected chi connectivity index (χ3v) is 1.76. The van der Waals surface area contributed by atoms with Crippen LogP contribution >= 0.6 is 0 Å². The van der Waals surface area contributed by atoms with Crippen molar-refractivity contribution in [3.05, 3.63) is 24.5 Å². The van der Waals surface area contributed by atoms with Gasteiger partial charge >= 0.3 is 0 Å². The Kier molecular flexibility index (Phi) is 1.89. The van der Waals surface area contributed by atoms with E-state index in [1.807, 2.05) is 0 Å². The Labute approximate surface area is 80.9 Å². The van der Waals surface area contributed by atoms with Crippen LogP contribution in [0.4, 0.5) is 0 Å². The third kappa shape index (κ3) is 1.54. The van der Waals surface area contributed by atoms with Gasteiger partial charge in [0.15, 0.2) is 0 Å². The van der Waals surface area contributed by atoms with Crippen LogP contribution < -0.4 is 5.73 Å². The molecule has 5 nitrogen and oxygen atoms in total. The van der Waals surface area contributed by atoms with Gasteiger partial charge in [0.25, 0.3) is 0 Å². The fourth-order valence-corrected chi connectivity index (χ4v) is 0.994. The van der Waals surface area contributed by atoms with Crippen molar-refractivity contribution in [3.8, 4) is 11.4 Å². The summed E-state index contributed by atoms with van der Waals surface area (Å²) in [5.41, 5.74) is 5.97. The second-order valence-electron chi connectivity index (χ2n) is 3.66. The standard InChI is InChI=1S/C9H11N3O2/c1-9(2,10)8-11-7(12-14-8)6-3-4-13-5-6/h3-5H,10H2,1-2H3. The van der Waals surface area contributed by atoms with Gasteiger partial charge in [-0.2, -0.15) is 4.98 Å². The molecule has 0 saturated carbocycles. The molecule has 0 unspecified atom stereocenters. The first-order chi connectivity index (χ1) is 6.57. The lowest BCUT2D eigenvalue weighted by Gasteiger charge is -2.10. The highest BCUT2D eigenvalue weighted by Gasteiger charge is 2.22. The van der Waals surface area contributed by atoms with Crippen LogP contribution in [-0.2, 0) is 5.54 Å². The molecular weight excluding hydrogens is 182 g/mol. The van der Waals surface area contributed by atoms with E-state index in [9.17, 15) is 0 Å². The topological polar surface area (TPSA) is 78.1 Å². The Hall–Kier alpha value is -1.62. The van der Waals surface area contributed by atoms with Gasteiger partial charge in [-0.25, -0.2) is 0 Å². The number of hydrogen-bond donors (Lipinski definition) is 1. The van der Waals surface area contributed by atoms with Crippen molar-refractivity contribution in [2.24, 2.45) is 5.73 Å². The predicted molar refractivity (Wildman–Crippen MR) is 49.2 cm³/mol. The molecule has 74 valence electrons. The molecule has 0 aliphatic carbocycles. The zero-order chi connectivity index (χ0) is 10.2. The van der Waals surface area contributed by atoms with E-state index >= 15 is 0 Å². The van der Waals surface area contributed by atoms with E-state index in [0.717, 1.165) is 5.56 Å². The van der Waals surface area contributed by atoms with Crippen molar-refractivity contribution in [1.29, 1.82) is 0 Å². The Bertz CT molecular complexity index is 411. The highest BCUT2D eigenvalue weighted by Crippen LogP contribution is 2.20. The molecule has 0 saturated heterocycles. The fraction of sp³-hybridized carbons (Fsp3) is 0.333. The zero-order valence-corrected chi connectivity index (χ0v) is 8.02. The minimum atomic E-state index is -0.616. The molecule has 0 aliphatic heterocycles. The number of hydrogen-bond acceptors (Lipinski definition) is 5. The first-order valence-electron chi connectivity index (χ1n) is 4.23. The number of furan rings is 1. The minimum absolute atomic E-state index is 0.411. The highest BCUT2D eigenvalue weighted by atomic mass is 16.5. The van der Waals surface area contributed by atoms with Crippen LogP contribution in [0.25, 0.3) is 11.4 Å². The second kappa shape index (κ2) is 2.95. The summed E-state index contributed by atoms with van der Waals surface area (Å²) in [6.45, 7) is 3.61. The summed E-state index contributed by atoms with van der Waals surface area (Å²) < 4.78 is 9.94. The third-order valence-electron chi connectivity index (χ3n) is 1.76. The average Bonchev–Trinajstić information content (AvgIpc) is 2.73. The smallest absolute Gasteiger partial charge is 0.246 e. The molecule has 0 radical (unpaired) electrons. The summed E-state index contributed by atoms with van der Waals surface area (Å²) in [6, 6.07) is 1.76. The molecule has 2 aromatic rings. The Balaban J connectivity index is 2.36. The maximum Gasteiger partial charge on any atom is 0.246 e. The van der Waals surface area contributed by atoms with Crippen molar-refractivity contribution in [1.82, 2.24) is 10.1 Å². The van der Waals surface area contributed by atoms with E-state index in [0.29, 0.717) is 11.7 Å². The largest absolute Gasteiger partial charge is 0.472 e. The summed E-state index contributed by atoms with van der Waals surface area (Å²) in [4.78, 5) is 4.16. The Morgan fingerprint density at radius 3 is 2.71 bits per heavy atom. The van der Waals surface area contributed by atoms with Crippen molar-refractivity contribution in [3.63, 3.8) is 0 Å². The van der Waals surface area contributed by atoms with E-state index in [1.165, 1.54) is 0 Å². The summed E-state index contributed by atoms with van der Waals surface area (Å²) in [5, 5.41) is 3.80. The number of aromatic nitrogens is 2. The highest BCUT2D eigenvalue weighted by molar-refractivity contribution is 5.51. The number of nitrogens with zero attached hydrogens (tertiary/aromatic N) is 2. The maximum absolute atomic E-state index is 5.80. The summed E-state index contributed by atoms with van der Waals surface area (Å²) >= 11 is 0. The molecule has 0 aliphatic rings. The summed E-state index contributed by atoms with van der Waals surface area (Å²) in [6.07, 6.45) is 3.11. The van der Waals surface area contributed by atoms with Crippen LogP contribution in [-0.4, -0.2) is 10.1 Å². The first kappa shape index (κ1) is 8.96. The monoisotopic (exact) mass is 193 g/mol. The van der Waals surface area contributed by atoms with E-state index < -0.39 is 5.54 Å². The molecule has 0 fully saturated rings. The zero-order valence-electron chi connectivity index (χ0n) is 8.02. The van der Waals surface area contributed by atoms with Crippen LogP contribution in [0, 0.1) is 0 Å². The molecule has 2 heterocycles. The van der Waals surface area contributed by atoms with Crippen LogP contribution in [0.15, 0.2) is 27.5 Å². The number of nitrogens with two attached hydrogens (primary N) is 1. The molecule has 0 amide bonds. The van der Waals surface area contributed by atoms with Gasteiger partial charge in [0.05, 0.1) is 17.4 Å². The molecule has 0 aromatic carbocycles. The van der Waals surface area contributed by atoms with E-state index in [4.69, 9.17) is 14.7 Å². The molecule has 2 aromatic heterocycles. The molecular formula is C9H11N3O2. The van der Waals surface area contributed by atoms with Crippen molar-refractivity contribution in [2.45, 2.75) is 19.4 Å². The lowest BCUT2D eigenvalue weighted by molar-refractivity contribution is 0.312. The van der Waals surface area contributed by atoms with Gasteiger partial charge in [-0.15, -0.1) is 0 Å². The predicted octanol–water partition coefficient (Wildman–Crippen LogP) is 1.52. The number of rotatable bonds is 2. The normalized spacial score (nSPS) is 11.9. The van der Waals surface area contributed by atoms with Crippen molar-refractivity contribution in [2.75, 3.05) is 0 Å². The average molecular weight is 193 g/mol. The quantitative estimate of drug-likeness (QED) is 0.782. The second-order valence-corrected chi connectivity index (χ2v) is 3.66. The lowest BCUT2D eigenvalue weighted by Crippen LogP contribution is -2.28. The van der Waals surface area contributed by atoms with Crippen LogP contribution in [0.1, 0.15) is 19.7 Å². The molecule has 14 heavy (non-hydrogen) atoms. The van der Waals surface area contributed by atoms with Crippen LogP contribution in [0.2, 0.25) is 0 Å². The summed E-state index contributed by atoms with van der Waals surface area (Å²) in [5.74, 6) is 0.904. The molecule has 0 spiro atoms. The Morgan fingerprint density at radius 2 is 2.21 bits per heavy atom. The molecule has 5 heteroatoms. The van der Waals surface area contributed by atoms with E-state index in [2.05, 4.69) is 10.1 Å². The molecule has 2 rings (SSSR count). The molecule has 0 bridgehead atoms. The first-order valence-corrected chi connectivity index (χ1v) is 4.23. The minimum Gasteiger partial charge on any atom is -0.472 e. The van der Waals surface area contributed by atoms with Gasteiger partial charge in [-0.3, -0.25) is 0 Å². The molecule has 2 N–H and O–H groups in total. The fourth-order valence-electron chi connectivity index (χ4n) is 0.994. The van der Waals surface area contributed by atoms with E-state index in [-0.39, 0.29) is 0 Å². The van der Waals surface area contributed by atoms with Crippen molar-refractivity contribution < 1.29 is 8.94 Å². The van der Waals surface area contributed by atoms with Gasteiger partial charge in [-0.05, 0) is 19.9 Å². The van der Waals surface area contributed by atoms with E-state index in [1.54, 1.807) is 32.4 Å². The van der Waals surface area contributed by atoms with Gasteiger partial charge < -0.3 is 14.7 Å². The van der Waals surface area contributed by atoms with Gasteiger partial charge in [0.2, 0.25) is 11.7 Å². The Morgan fingerprint density at radius 1 is 1.43 bits per heavy atom. The van der Waals surface area contributed by atoms with Crippen LogP contribution in [0.3, 0.4) is 0 Å². The van der Waals surface area contributed by atoms with Crippen LogP contribution in [0.5, 0.6) is 0 Å². The SMILES string of the molecule is CC(C)(N)c1nc(-c2ccoc2)no1. The van der Waals surface area contributed by atoms with Gasteiger partial charge in [-0.1, -0.05) is 5.16 Å². The lowest BCUT2D eigenvalue weighted by atomic mass is 10.1. The van der Waals surface area contributed by atoms with Crippen molar-refractivity contribution >= 4 is 0 Å². The van der Waals surface area contributed by atoms with Gasteiger partial charge in [0, 0.05) is 0 Å². The summed E-state index contributed by atoms with van der Waals surface area (Å²) in [7, 11) is 0. The maximum atomic E-state index is 5.80. The van der Waals surface area contributed by atoms with Gasteiger partial charge in [0.1, 0.15) is 6.26 Å². The molecule has 0 atom stereocenters.